The molecule has 13 heteroatoms. The molecular formula is C66H124N6O7. The Kier molecular flexibility index (Phi) is 24.7. The quantitative estimate of drug-likeness (QED) is 0.0331. The molecule has 8 rings (SSSR count). The molecule has 0 aromatic rings. The molecule has 0 saturated heterocycles. The molecule has 0 aliphatic heterocycles. The highest BCUT2D eigenvalue weighted by Gasteiger charge is 2.68. The molecule has 460 valence electrons. The zero-order valence-corrected chi connectivity index (χ0v) is 51.6. The molecular weight excluding hydrogens is 989 g/mol. The maximum Gasteiger partial charge on any atom is 0.0637 e. The van der Waals surface area contributed by atoms with Gasteiger partial charge in [0.15, 0.2) is 0 Å². The average molecular weight is 1110 g/mol. The standard InChI is InChI=1S/C66H124N6O7/c1-45(51-17-19-53-61-55(43-59(65(51,53)5)78-37-13-29-71)63(3)23-21-49(74-33-9-25-67)39-47(63)41-57(61)76-35-11-27-69)15-7-31-73-32-8-16-46(2)52-18-20-54-62-56(44-60(66(52,54)6)79-38-14-30-72)64(4)24-22-50(75-34-10-26-68)40-48(64)42-58(62)77-36-12-28-70/h45-62H,7-44,67-72H2,1-6H3/t45-,46-,47?,48?,49-,50-,51-,52-,53?,54?,55?,56?,57-,58-,59+,60+,61?,62?,63+,64+,65-,66-/m1/s1. The van der Waals surface area contributed by atoms with Gasteiger partial charge >= 0.3 is 0 Å². The van der Waals surface area contributed by atoms with Gasteiger partial charge in [0, 0.05) is 63.7 Å². The van der Waals surface area contributed by atoms with E-state index in [9.17, 15) is 0 Å². The van der Waals surface area contributed by atoms with Gasteiger partial charge in [0.1, 0.15) is 0 Å². The Morgan fingerprint density at radius 1 is 0.380 bits per heavy atom. The van der Waals surface area contributed by atoms with Crippen molar-refractivity contribution in [3.8, 4) is 0 Å². The van der Waals surface area contributed by atoms with Crippen molar-refractivity contribution in [2.45, 2.75) is 232 Å². The molecule has 8 aliphatic rings. The van der Waals surface area contributed by atoms with Crippen molar-refractivity contribution in [1.82, 2.24) is 0 Å². The summed E-state index contributed by atoms with van der Waals surface area (Å²) in [6.07, 6.45) is 28.5. The molecule has 0 aromatic heterocycles. The molecule has 13 nitrogen and oxygen atoms in total. The van der Waals surface area contributed by atoms with Crippen LogP contribution in [0.4, 0.5) is 0 Å². The van der Waals surface area contributed by atoms with E-state index in [4.69, 9.17) is 67.6 Å². The number of nitrogens with two attached hydrogens (primary N) is 6. The first-order valence-electron chi connectivity index (χ1n) is 33.8. The van der Waals surface area contributed by atoms with Gasteiger partial charge in [-0.05, 0) is 275 Å². The van der Waals surface area contributed by atoms with Crippen molar-refractivity contribution in [2.24, 2.45) is 127 Å². The summed E-state index contributed by atoms with van der Waals surface area (Å²) < 4.78 is 48.0. The van der Waals surface area contributed by atoms with Crippen LogP contribution in [0.15, 0.2) is 0 Å². The van der Waals surface area contributed by atoms with Gasteiger partial charge in [-0.15, -0.1) is 0 Å². The second-order valence-electron chi connectivity index (χ2n) is 28.8. The van der Waals surface area contributed by atoms with E-state index in [2.05, 4.69) is 41.5 Å². The lowest BCUT2D eigenvalue weighted by molar-refractivity contribution is -0.227. The second-order valence-corrected chi connectivity index (χ2v) is 28.8. The van der Waals surface area contributed by atoms with Gasteiger partial charge in [-0.3, -0.25) is 0 Å². The van der Waals surface area contributed by atoms with Gasteiger partial charge in [-0.2, -0.15) is 0 Å². The summed E-state index contributed by atoms with van der Waals surface area (Å²) in [5, 5.41) is 0. The summed E-state index contributed by atoms with van der Waals surface area (Å²) in [5.41, 5.74) is 36.9. The predicted octanol–water partition coefficient (Wildman–Crippen LogP) is 10.00. The molecule has 8 aliphatic carbocycles. The number of rotatable bonds is 34. The summed E-state index contributed by atoms with van der Waals surface area (Å²) in [6, 6.07) is 0. The molecule has 0 spiro atoms. The van der Waals surface area contributed by atoms with E-state index in [1.165, 1.54) is 51.4 Å². The molecule has 0 radical (unpaired) electrons. The predicted molar refractivity (Wildman–Crippen MR) is 320 cm³/mol. The van der Waals surface area contributed by atoms with Crippen LogP contribution in [-0.4, -0.2) is 129 Å². The third-order valence-electron chi connectivity index (χ3n) is 24.9. The van der Waals surface area contributed by atoms with Crippen LogP contribution in [0.1, 0.15) is 196 Å². The van der Waals surface area contributed by atoms with Crippen LogP contribution in [0.5, 0.6) is 0 Å². The van der Waals surface area contributed by atoms with Crippen molar-refractivity contribution in [1.29, 1.82) is 0 Å². The molecule has 0 bridgehead atoms. The maximum absolute atomic E-state index is 7.16. The first-order chi connectivity index (χ1) is 38.3. The Morgan fingerprint density at radius 2 is 0.734 bits per heavy atom. The first-order valence-corrected chi connectivity index (χ1v) is 33.8. The molecule has 79 heavy (non-hydrogen) atoms. The minimum atomic E-state index is 0.103. The lowest BCUT2D eigenvalue weighted by Gasteiger charge is -2.65. The minimum absolute atomic E-state index is 0.103. The van der Waals surface area contributed by atoms with Gasteiger partial charge in [-0.25, -0.2) is 0 Å². The Morgan fingerprint density at radius 3 is 1.10 bits per heavy atom. The number of fused-ring (bicyclic) bond motifs is 10. The van der Waals surface area contributed by atoms with Crippen LogP contribution in [0.3, 0.4) is 0 Å². The van der Waals surface area contributed by atoms with E-state index in [0.717, 1.165) is 156 Å². The Bertz CT molecular complexity index is 1650. The molecule has 12 N–H and O–H groups in total. The summed E-state index contributed by atoms with van der Waals surface area (Å²) in [4.78, 5) is 0. The zero-order valence-electron chi connectivity index (χ0n) is 51.6. The molecule has 0 aromatic carbocycles. The molecule has 0 amide bonds. The molecule has 8 fully saturated rings. The van der Waals surface area contributed by atoms with Crippen molar-refractivity contribution < 1.29 is 33.2 Å². The number of hydrogen-bond donors (Lipinski definition) is 6. The number of ether oxygens (including phenoxy) is 7. The molecule has 0 heterocycles. The van der Waals surface area contributed by atoms with Gasteiger partial charge in [0.05, 0.1) is 36.6 Å². The first kappa shape index (κ1) is 64.5. The highest BCUT2D eigenvalue weighted by Crippen LogP contribution is 2.71. The second kappa shape index (κ2) is 30.2. The van der Waals surface area contributed by atoms with Crippen molar-refractivity contribution in [3.63, 3.8) is 0 Å². The average Bonchev–Trinajstić information content (AvgIpc) is 4.14. The highest BCUT2D eigenvalue weighted by atomic mass is 16.5. The van der Waals surface area contributed by atoms with E-state index in [-0.39, 0.29) is 46.1 Å². The fourth-order valence-electron chi connectivity index (χ4n) is 20.7. The molecule has 22 atom stereocenters. The zero-order chi connectivity index (χ0) is 56.2. The maximum atomic E-state index is 7.16. The van der Waals surface area contributed by atoms with Gasteiger partial charge in [-0.1, -0.05) is 41.5 Å². The van der Waals surface area contributed by atoms with Crippen molar-refractivity contribution >= 4 is 0 Å². The van der Waals surface area contributed by atoms with Gasteiger partial charge in [0.25, 0.3) is 0 Å². The normalized spacial score (nSPS) is 42.4. The fourth-order valence-corrected chi connectivity index (χ4v) is 20.7. The van der Waals surface area contributed by atoms with Gasteiger partial charge < -0.3 is 67.6 Å². The summed E-state index contributed by atoms with van der Waals surface area (Å²) in [5.74, 6) is 7.07. The van der Waals surface area contributed by atoms with E-state index in [1.54, 1.807) is 0 Å². The lowest BCUT2D eigenvalue weighted by atomic mass is 9.43. The molecule has 8 unspecified atom stereocenters. The summed E-state index contributed by atoms with van der Waals surface area (Å²) >= 11 is 0. The van der Waals surface area contributed by atoms with Gasteiger partial charge in [0.2, 0.25) is 0 Å². The van der Waals surface area contributed by atoms with E-state index >= 15 is 0 Å². The van der Waals surface area contributed by atoms with E-state index < -0.39 is 0 Å². The third-order valence-corrected chi connectivity index (χ3v) is 24.9. The SMILES string of the molecule is C[C@H](CCCOCCC[C@@H](C)[C@H]1CCC2C3C(C[C@H](OCCCN)[C@@]21C)[C@@]1(C)CC[C@@H](OCCCN)CC1C[C@H]3OCCCN)[C@H]1CCC2C3C(C[C@H](OCCCN)[C@@]21C)[C@@]1(C)CC[C@@H](OCCCN)CC1C[C@H]3OCCCN. The minimum Gasteiger partial charge on any atom is -0.381 e. The summed E-state index contributed by atoms with van der Waals surface area (Å²) in [6.45, 7) is 26.1. The van der Waals surface area contributed by atoms with Crippen LogP contribution in [-0.2, 0) is 33.2 Å². The highest BCUT2D eigenvalue weighted by molar-refractivity contribution is 5.17. The monoisotopic (exact) mass is 1110 g/mol. The van der Waals surface area contributed by atoms with Crippen LogP contribution in [0.2, 0.25) is 0 Å². The Labute approximate surface area is 482 Å². The van der Waals surface area contributed by atoms with Crippen LogP contribution >= 0.6 is 0 Å². The third kappa shape index (κ3) is 14.0. The molecule has 8 saturated carbocycles. The van der Waals surface area contributed by atoms with Crippen LogP contribution < -0.4 is 34.4 Å². The topological polar surface area (TPSA) is 221 Å². The number of hydrogen-bond acceptors (Lipinski definition) is 13. The summed E-state index contributed by atoms with van der Waals surface area (Å²) in [7, 11) is 0. The lowest BCUT2D eigenvalue weighted by Crippen LogP contribution is -2.63. The Hall–Kier alpha value is -0.520. The Balaban J connectivity index is 0.874. The van der Waals surface area contributed by atoms with E-state index in [1.807, 2.05) is 0 Å². The van der Waals surface area contributed by atoms with Crippen molar-refractivity contribution in [2.75, 3.05) is 92.1 Å². The largest absolute Gasteiger partial charge is 0.381 e. The fraction of sp³-hybridized carbons (Fsp3) is 1.00. The van der Waals surface area contributed by atoms with Crippen LogP contribution in [0, 0.1) is 92.7 Å². The van der Waals surface area contributed by atoms with Crippen molar-refractivity contribution in [3.05, 3.63) is 0 Å². The smallest absolute Gasteiger partial charge is 0.0637 e. The van der Waals surface area contributed by atoms with Crippen LogP contribution in [0.25, 0.3) is 0 Å². The van der Waals surface area contributed by atoms with E-state index in [0.29, 0.717) is 122 Å².